The summed E-state index contributed by atoms with van der Waals surface area (Å²) in [5.41, 5.74) is 0. The summed E-state index contributed by atoms with van der Waals surface area (Å²) in [6.07, 6.45) is 1.58. The molecular weight excluding hydrogens is 192 g/mol. The van der Waals surface area contributed by atoms with Crippen molar-refractivity contribution in [3.63, 3.8) is 0 Å². The van der Waals surface area contributed by atoms with Gasteiger partial charge in [0.05, 0.1) is 6.10 Å². The quantitative estimate of drug-likeness (QED) is 0.662. The predicted octanol–water partition coefficient (Wildman–Crippen LogP) is 1.59. The van der Waals surface area contributed by atoms with Gasteiger partial charge in [0.15, 0.2) is 0 Å². The molecule has 0 aromatic carbocycles. The SMILES string of the molecule is CCCCNC(=O)N(C[C@@H](C)O)C(C)C. The second-order valence-corrected chi connectivity index (χ2v) is 4.18. The summed E-state index contributed by atoms with van der Waals surface area (Å²) >= 11 is 0. The summed E-state index contributed by atoms with van der Waals surface area (Å²) in [5.74, 6) is 0. The fourth-order valence-corrected chi connectivity index (χ4v) is 1.29. The standard InChI is InChI=1S/C11H24N2O2/c1-5-6-7-12-11(15)13(9(2)3)8-10(4)14/h9-10,14H,5-8H2,1-4H3,(H,12,15)/t10-/m1/s1. The van der Waals surface area contributed by atoms with Gasteiger partial charge in [-0.1, -0.05) is 13.3 Å². The summed E-state index contributed by atoms with van der Waals surface area (Å²) in [5, 5.41) is 12.1. The van der Waals surface area contributed by atoms with Crippen molar-refractivity contribution in [2.75, 3.05) is 13.1 Å². The molecule has 0 bridgehead atoms. The van der Waals surface area contributed by atoms with Crippen LogP contribution in [0.4, 0.5) is 4.79 Å². The number of unbranched alkanes of at least 4 members (excludes halogenated alkanes) is 1. The minimum atomic E-state index is -0.482. The van der Waals surface area contributed by atoms with Gasteiger partial charge in [-0.2, -0.15) is 0 Å². The van der Waals surface area contributed by atoms with E-state index in [0.29, 0.717) is 13.1 Å². The summed E-state index contributed by atoms with van der Waals surface area (Å²) in [6.45, 7) is 8.76. The molecule has 0 heterocycles. The molecule has 0 spiro atoms. The van der Waals surface area contributed by atoms with Gasteiger partial charge in [0, 0.05) is 19.1 Å². The van der Waals surface area contributed by atoms with Crippen LogP contribution < -0.4 is 5.32 Å². The largest absolute Gasteiger partial charge is 0.392 e. The van der Waals surface area contributed by atoms with Gasteiger partial charge in [0.1, 0.15) is 0 Å². The van der Waals surface area contributed by atoms with E-state index in [1.807, 2.05) is 13.8 Å². The molecule has 15 heavy (non-hydrogen) atoms. The maximum atomic E-state index is 11.7. The lowest BCUT2D eigenvalue weighted by Crippen LogP contribution is -2.47. The Hall–Kier alpha value is -0.770. The normalized spacial score (nSPS) is 12.7. The molecule has 0 fully saturated rings. The third-order valence-corrected chi connectivity index (χ3v) is 2.15. The molecule has 4 heteroatoms. The van der Waals surface area contributed by atoms with Gasteiger partial charge >= 0.3 is 6.03 Å². The number of hydrogen-bond acceptors (Lipinski definition) is 2. The van der Waals surface area contributed by atoms with Crippen LogP contribution in [0.1, 0.15) is 40.5 Å². The maximum Gasteiger partial charge on any atom is 0.317 e. The number of aliphatic hydroxyl groups excluding tert-OH is 1. The van der Waals surface area contributed by atoms with Crippen molar-refractivity contribution >= 4 is 6.03 Å². The van der Waals surface area contributed by atoms with Gasteiger partial charge in [-0.05, 0) is 27.2 Å². The number of rotatable bonds is 6. The lowest BCUT2D eigenvalue weighted by molar-refractivity contribution is 0.119. The van der Waals surface area contributed by atoms with Crippen LogP contribution in [0.2, 0.25) is 0 Å². The highest BCUT2D eigenvalue weighted by Crippen LogP contribution is 2.01. The van der Waals surface area contributed by atoms with E-state index in [1.54, 1.807) is 11.8 Å². The van der Waals surface area contributed by atoms with E-state index < -0.39 is 6.10 Å². The fraction of sp³-hybridized carbons (Fsp3) is 0.909. The Labute approximate surface area is 92.7 Å². The zero-order valence-corrected chi connectivity index (χ0v) is 10.3. The summed E-state index contributed by atoms with van der Waals surface area (Å²) in [4.78, 5) is 13.4. The first-order valence-electron chi connectivity index (χ1n) is 5.71. The van der Waals surface area contributed by atoms with Crippen molar-refractivity contribution in [2.45, 2.75) is 52.7 Å². The number of amides is 2. The molecule has 0 saturated carbocycles. The fourth-order valence-electron chi connectivity index (χ4n) is 1.29. The molecule has 0 radical (unpaired) electrons. The highest BCUT2D eigenvalue weighted by Gasteiger charge is 2.17. The zero-order valence-electron chi connectivity index (χ0n) is 10.3. The molecule has 1 atom stereocenters. The highest BCUT2D eigenvalue weighted by atomic mass is 16.3. The van der Waals surface area contributed by atoms with Crippen LogP contribution in [0.25, 0.3) is 0 Å². The molecular formula is C11H24N2O2. The number of carbonyl (C=O) groups is 1. The Bertz CT molecular complexity index is 181. The minimum Gasteiger partial charge on any atom is -0.392 e. The highest BCUT2D eigenvalue weighted by molar-refractivity contribution is 5.74. The average molecular weight is 216 g/mol. The van der Waals surface area contributed by atoms with Crippen LogP contribution in [-0.2, 0) is 0 Å². The first-order valence-corrected chi connectivity index (χ1v) is 5.71. The number of carbonyl (C=O) groups excluding carboxylic acids is 1. The van der Waals surface area contributed by atoms with Crippen LogP contribution in [0.5, 0.6) is 0 Å². The van der Waals surface area contributed by atoms with E-state index >= 15 is 0 Å². The van der Waals surface area contributed by atoms with Gasteiger partial charge < -0.3 is 15.3 Å². The van der Waals surface area contributed by atoms with Crippen molar-refractivity contribution in [1.82, 2.24) is 10.2 Å². The van der Waals surface area contributed by atoms with Crippen molar-refractivity contribution in [2.24, 2.45) is 0 Å². The lowest BCUT2D eigenvalue weighted by Gasteiger charge is -2.28. The molecule has 0 aliphatic carbocycles. The van der Waals surface area contributed by atoms with Crippen molar-refractivity contribution in [1.29, 1.82) is 0 Å². The minimum absolute atomic E-state index is 0.0839. The van der Waals surface area contributed by atoms with E-state index in [1.165, 1.54) is 0 Å². The molecule has 2 N–H and O–H groups in total. The van der Waals surface area contributed by atoms with Gasteiger partial charge in [-0.3, -0.25) is 0 Å². The van der Waals surface area contributed by atoms with Gasteiger partial charge in [-0.25, -0.2) is 4.79 Å². The second-order valence-electron chi connectivity index (χ2n) is 4.18. The van der Waals surface area contributed by atoms with Gasteiger partial charge in [0.25, 0.3) is 0 Å². The molecule has 2 amide bonds. The predicted molar refractivity (Wildman–Crippen MR) is 61.8 cm³/mol. The number of nitrogens with zero attached hydrogens (tertiary/aromatic N) is 1. The number of nitrogens with one attached hydrogen (secondary N) is 1. The van der Waals surface area contributed by atoms with Gasteiger partial charge in [0.2, 0.25) is 0 Å². The van der Waals surface area contributed by atoms with Gasteiger partial charge in [-0.15, -0.1) is 0 Å². The first-order chi connectivity index (χ1) is 6.99. The summed E-state index contributed by atoms with van der Waals surface area (Å²) in [7, 11) is 0. The smallest absolute Gasteiger partial charge is 0.317 e. The van der Waals surface area contributed by atoms with E-state index in [9.17, 15) is 9.90 Å². The topological polar surface area (TPSA) is 52.6 Å². The molecule has 0 saturated heterocycles. The summed E-state index contributed by atoms with van der Waals surface area (Å²) in [6, 6.07) is 0.0283. The molecule has 0 rings (SSSR count). The van der Waals surface area contributed by atoms with Crippen LogP contribution in [-0.4, -0.2) is 41.3 Å². The number of hydrogen-bond donors (Lipinski definition) is 2. The second kappa shape index (κ2) is 7.51. The Morgan fingerprint density at radius 1 is 1.40 bits per heavy atom. The average Bonchev–Trinajstić information content (AvgIpc) is 2.13. The Kier molecular flexibility index (Phi) is 7.13. The van der Waals surface area contributed by atoms with Crippen LogP contribution >= 0.6 is 0 Å². The summed E-state index contributed by atoms with van der Waals surface area (Å²) < 4.78 is 0. The Morgan fingerprint density at radius 2 is 2.00 bits per heavy atom. The molecule has 0 aromatic heterocycles. The molecule has 4 nitrogen and oxygen atoms in total. The van der Waals surface area contributed by atoms with Crippen molar-refractivity contribution < 1.29 is 9.90 Å². The zero-order chi connectivity index (χ0) is 11.8. The van der Waals surface area contributed by atoms with Crippen LogP contribution in [0.15, 0.2) is 0 Å². The van der Waals surface area contributed by atoms with E-state index in [-0.39, 0.29) is 12.1 Å². The maximum absolute atomic E-state index is 11.7. The third kappa shape index (κ3) is 6.33. The molecule has 90 valence electrons. The first kappa shape index (κ1) is 14.2. The molecule has 0 aromatic rings. The van der Waals surface area contributed by atoms with Crippen LogP contribution in [0.3, 0.4) is 0 Å². The van der Waals surface area contributed by atoms with Crippen molar-refractivity contribution in [3.8, 4) is 0 Å². The lowest BCUT2D eigenvalue weighted by atomic mass is 10.3. The molecule has 0 aliphatic rings. The monoisotopic (exact) mass is 216 g/mol. The Balaban J connectivity index is 4.05. The van der Waals surface area contributed by atoms with Crippen molar-refractivity contribution in [3.05, 3.63) is 0 Å². The van der Waals surface area contributed by atoms with Crippen LogP contribution in [0, 0.1) is 0 Å². The molecule has 0 aliphatic heterocycles. The molecule has 0 unspecified atom stereocenters. The number of aliphatic hydroxyl groups is 1. The number of urea groups is 1. The Morgan fingerprint density at radius 3 is 2.40 bits per heavy atom. The van der Waals surface area contributed by atoms with E-state index in [2.05, 4.69) is 12.2 Å². The third-order valence-electron chi connectivity index (χ3n) is 2.15. The van der Waals surface area contributed by atoms with E-state index in [4.69, 9.17) is 0 Å². The van der Waals surface area contributed by atoms with E-state index in [0.717, 1.165) is 12.8 Å².